The van der Waals surface area contributed by atoms with Gasteiger partial charge in [-0.3, -0.25) is 0 Å². The molecule has 2 fully saturated rings. The summed E-state index contributed by atoms with van der Waals surface area (Å²) in [6, 6.07) is 48.3. The van der Waals surface area contributed by atoms with Crippen LogP contribution in [0.3, 0.4) is 0 Å². The summed E-state index contributed by atoms with van der Waals surface area (Å²) in [6.45, 7) is 8.89. The fraction of sp³-hybridized carbons (Fsp3) is 0.200. The number of likely N-dealkylation sites (N-methyl/N-ethyl adjacent to an activating group) is 2. The zero-order chi connectivity index (χ0) is 43.2. The number of benzene rings is 4. The third-order valence-electron chi connectivity index (χ3n) is 10.7. The number of aromatic nitrogens is 4. The highest BCUT2D eigenvalue weighted by atomic mass is 32.1. The normalized spacial score (nSPS) is 14.2. The molecule has 0 amide bonds. The van der Waals surface area contributed by atoms with Gasteiger partial charge in [0, 0.05) is 74.2 Å². The van der Waals surface area contributed by atoms with E-state index in [4.69, 9.17) is 9.97 Å². The topological polar surface area (TPSA) is 97.4 Å². The average Bonchev–Trinajstić information content (AvgIpc) is 4.01. The van der Waals surface area contributed by atoms with Gasteiger partial charge in [0.15, 0.2) is 10.3 Å². The summed E-state index contributed by atoms with van der Waals surface area (Å²) in [5.41, 5.74) is 8.79. The highest BCUT2D eigenvalue weighted by Crippen LogP contribution is 2.31. The van der Waals surface area contributed by atoms with Crippen molar-refractivity contribution < 1.29 is 4.39 Å². The number of piperazine rings is 2. The van der Waals surface area contributed by atoms with Gasteiger partial charge in [0.25, 0.3) is 0 Å². The average molecular weight is 875 g/mol. The van der Waals surface area contributed by atoms with E-state index in [1.165, 1.54) is 52.7 Å². The molecule has 0 saturated carbocycles. The second kappa shape index (κ2) is 21.6. The monoisotopic (exact) mass is 874 g/mol. The van der Waals surface area contributed by atoms with E-state index in [9.17, 15) is 4.39 Å². The summed E-state index contributed by atoms with van der Waals surface area (Å²) in [5, 5.41) is 15.3. The smallest absolute Gasteiger partial charge is 0.214 e. The Morgan fingerprint density at radius 2 is 0.905 bits per heavy atom. The molecule has 10 rings (SSSR count). The van der Waals surface area contributed by atoms with Crippen LogP contribution in [0.25, 0.3) is 44.8 Å². The Bertz CT molecular complexity index is 2610. The third kappa shape index (κ3) is 12.4. The Balaban J connectivity index is 0.000000152. The van der Waals surface area contributed by atoms with Gasteiger partial charge in [-0.15, -0.1) is 22.7 Å². The van der Waals surface area contributed by atoms with Crippen molar-refractivity contribution in [1.29, 1.82) is 0 Å². The molecule has 3 N–H and O–H groups in total. The molecule has 63 heavy (non-hydrogen) atoms. The van der Waals surface area contributed by atoms with E-state index in [0.717, 1.165) is 78.6 Å². The van der Waals surface area contributed by atoms with E-state index < -0.39 is 5.95 Å². The predicted octanol–water partition coefficient (Wildman–Crippen LogP) is 10.6. The van der Waals surface area contributed by atoms with Crippen LogP contribution in [0, 0.1) is 5.95 Å². The predicted molar refractivity (Wildman–Crippen MR) is 261 cm³/mol. The molecule has 0 spiro atoms. The van der Waals surface area contributed by atoms with Crippen molar-refractivity contribution in [3.05, 3.63) is 162 Å². The van der Waals surface area contributed by atoms with E-state index in [0.29, 0.717) is 10.9 Å². The van der Waals surface area contributed by atoms with Crippen LogP contribution in [0.5, 0.6) is 0 Å². The van der Waals surface area contributed by atoms with E-state index in [1.54, 1.807) is 23.5 Å². The minimum atomic E-state index is -0.515. The number of nitrogens with zero attached hydrogens (tertiary/aromatic N) is 7. The maximum absolute atomic E-state index is 13.1. The van der Waals surface area contributed by atoms with Crippen LogP contribution in [0.15, 0.2) is 156 Å². The van der Waals surface area contributed by atoms with E-state index in [1.807, 2.05) is 35.7 Å². The Hall–Kier alpha value is -6.35. The molecular weight excluding hydrogens is 824 g/mol. The van der Waals surface area contributed by atoms with Gasteiger partial charge in [0.2, 0.25) is 5.95 Å². The summed E-state index contributed by atoms with van der Waals surface area (Å²) in [6.07, 6.45) is 0. The molecule has 0 unspecified atom stereocenters. The Labute approximate surface area is 377 Å². The summed E-state index contributed by atoms with van der Waals surface area (Å²) in [5.74, 6) is 1.78. The van der Waals surface area contributed by atoms with Crippen LogP contribution < -0.4 is 20.9 Å². The SMILES string of the molecule is CN1CCN(c2cccc(Nc3nc(-c4ccc(-c5ccccc5)cc4)cs3)n2)CC1.CN1CCNCC1.Fc1cccc(Nc2nc(-c3ccc(-c4ccccc4)cc3)cs2)n1. The Morgan fingerprint density at radius 1 is 0.460 bits per heavy atom. The van der Waals surface area contributed by atoms with Gasteiger partial charge in [0.1, 0.15) is 17.5 Å². The number of halogens is 1. The number of hydrogen-bond acceptors (Lipinski definition) is 12. The lowest BCUT2D eigenvalue weighted by Gasteiger charge is -2.33. The molecule has 6 heterocycles. The molecule has 2 saturated heterocycles. The molecule has 2 aliphatic heterocycles. The maximum atomic E-state index is 13.1. The first-order valence-corrected chi connectivity index (χ1v) is 22.9. The maximum Gasteiger partial charge on any atom is 0.214 e. The zero-order valence-electron chi connectivity index (χ0n) is 35.5. The van der Waals surface area contributed by atoms with Crippen LogP contribution in [0.4, 0.5) is 32.1 Å². The molecule has 0 bridgehead atoms. The highest BCUT2D eigenvalue weighted by molar-refractivity contribution is 7.14. The number of rotatable bonds is 9. The van der Waals surface area contributed by atoms with Crippen LogP contribution in [-0.4, -0.2) is 96.2 Å². The molecule has 2 aliphatic rings. The minimum absolute atomic E-state index is 0.445. The summed E-state index contributed by atoms with van der Waals surface area (Å²) >= 11 is 3.06. The summed E-state index contributed by atoms with van der Waals surface area (Å²) in [4.78, 5) is 24.9. The number of anilines is 5. The first-order chi connectivity index (χ1) is 30.9. The van der Waals surface area contributed by atoms with Gasteiger partial charge in [-0.25, -0.2) is 19.9 Å². The molecule has 4 aromatic heterocycles. The zero-order valence-corrected chi connectivity index (χ0v) is 37.1. The minimum Gasteiger partial charge on any atom is -0.354 e. The van der Waals surface area contributed by atoms with E-state index >= 15 is 0 Å². The van der Waals surface area contributed by atoms with Gasteiger partial charge in [0.05, 0.1) is 11.4 Å². The van der Waals surface area contributed by atoms with Gasteiger partial charge in [-0.05, 0) is 60.6 Å². The quantitative estimate of drug-likeness (QED) is 0.122. The lowest BCUT2D eigenvalue weighted by Crippen LogP contribution is -2.44. The van der Waals surface area contributed by atoms with Crippen molar-refractivity contribution in [2.45, 2.75) is 0 Å². The van der Waals surface area contributed by atoms with Crippen molar-refractivity contribution in [2.24, 2.45) is 0 Å². The number of pyridine rings is 2. The van der Waals surface area contributed by atoms with Crippen molar-refractivity contribution >= 4 is 50.4 Å². The fourth-order valence-electron chi connectivity index (χ4n) is 7.03. The van der Waals surface area contributed by atoms with Crippen molar-refractivity contribution in [3.63, 3.8) is 0 Å². The largest absolute Gasteiger partial charge is 0.354 e. The Kier molecular flexibility index (Phi) is 14.9. The van der Waals surface area contributed by atoms with Crippen molar-refractivity contribution in [2.75, 3.05) is 82.0 Å². The molecule has 0 atom stereocenters. The highest BCUT2D eigenvalue weighted by Gasteiger charge is 2.16. The second-order valence-corrected chi connectivity index (χ2v) is 17.0. The number of hydrogen-bond donors (Lipinski definition) is 3. The number of nitrogens with one attached hydrogen (secondary N) is 3. The Morgan fingerprint density at radius 3 is 1.38 bits per heavy atom. The lowest BCUT2D eigenvalue weighted by atomic mass is 10.0. The van der Waals surface area contributed by atoms with Crippen LogP contribution in [-0.2, 0) is 0 Å². The van der Waals surface area contributed by atoms with Crippen LogP contribution >= 0.6 is 22.7 Å². The van der Waals surface area contributed by atoms with Gasteiger partial charge >= 0.3 is 0 Å². The number of thiazole rings is 2. The van der Waals surface area contributed by atoms with Gasteiger partial charge in [-0.2, -0.15) is 4.39 Å². The second-order valence-electron chi connectivity index (χ2n) is 15.3. The molecular formula is C50H51FN10S2. The van der Waals surface area contributed by atoms with Gasteiger partial charge in [-0.1, -0.05) is 121 Å². The van der Waals surface area contributed by atoms with E-state index in [2.05, 4.69) is 157 Å². The lowest BCUT2D eigenvalue weighted by molar-refractivity contribution is 0.291. The molecule has 0 radical (unpaired) electrons. The van der Waals surface area contributed by atoms with Crippen LogP contribution in [0.1, 0.15) is 0 Å². The molecule has 10 nitrogen and oxygen atoms in total. The van der Waals surface area contributed by atoms with Crippen molar-refractivity contribution in [3.8, 4) is 44.8 Å². The summed E-state index contributed by atoms with van der Waals surface area (Å²) < 4.78 is 13.1. The molecule has 8 aromatic rings. The van der Waals surface area contributed by atoms with Gasteiger partial charge < -0.3 is 30.7 Å². The first kappa shape index (κ1) is 43.3. The molecule has 4 aromatic carbocycles. The van der Waals surface area contributed by atoms with Crippen molar-refractivity contribution in [1.82, 2.24) is 35.1 Å². The first-order valence-electron chi connectivity index (χ1n) is 21.1. The van der Waals surface area contributed by atoms with E-state index in [-0.39, 0.29) is 0 Å². The summed E-state index contributed by atoms with van der Waals surface area (Å²) in [7, 11) is 4.32. The molecule has 320 valence electrons. The fourth-order valence-corrected chi connectivity index (χ4v) is 8.49. The molecule has 0 aliphatic carbocycles. The van der Waals surface area contributed by atoms with Crippen LogP contribution in [0.2, 0.25) is 0 Å². The standard InChI is InChI=1S/C25H25N5S.C20H14FN3S.C5H12N2/c1-29-14-16-30(17-15-29)24-9-5-8-23(27-24)28-25-26-22(18-31-25)21-12-10-20(11-13-21)19-6-3-2-4-7-19;21-18-7-4-8-19(23-18)24-20-22-17(13-25-20)16-11-9-15(10-12-16)14-5-2-1-3-6-14;1-7-4-2-6-3-5-7/h2-13,18H,14-17H2,1H3,(H,26,27,28);1-13H,(H,22,23,24);6H,2-5H2,1H3. The molecule has 13 heteroatoms. The third-order valence-corrected chi connectivity index (χ3v) is 12.2.